The number of benzene rings is 1. The molecule has 2 saturated heterocycles. The zero-order valence-electron chi connectivity index (χ0n) is 25.1. The highest BCUT2D eigenvalue weighted by atomic mass is 16.5. The fourth-order valence-corrected chi connectivity index (χ4v) is 6.18. The maximum Gasteiger partial charge on any atom is 0.331 e. The first-order chi connectivity index (χ1) is 20.9. The van der Waals surface area contributed by atoms with Crippen LogP contribution in [-0.2, 0) is 24.9 Å². The number of hydrogen-bond donors (Lipinski definition) is 1. The predicted molar refractivity (Wildman–Crippen MR) is 168 cm³/mol. The van der Waals surface area contributed by atoms with Crippen LogP contribution < -0.4 is 21.5 Å². The van der Waals surface area contributed by atoms with E-state index >= 15 is 0 Å². The molecule has 5 heterocycles. The van der Waals surface area contributed by atoms with Crippen molar-refractivity contribution in [3.63, 3.8) is 0 Å². The van der Waals surface area contributed by atoms with Crippen molar-refractivity contribution in [1.29, 1.82) is 0 Å². The van der Waals surface area contributed by atoms with E-state index in [2.05, 4.69) is 21.3 Å². The largest absolute Gasteiger partial charge is 0.378 e. The second-order valence-electron chi connectivity index (χ2n) is 11.5. The number of aromatic nitrogens is 4. The van der Waals surface area contributed by atoms with E-state index in [-0.39, 0.29) is 12.5 Å². The molecule has 0 bridgehead atoms. The maximum absolute atomic E-state index is 14.5. The molecule has 2 aliphatic heterocycles. The molecule has 1 N–H and O–H groups in total. The average Bonchev–Trinajstić information content (AvgIpc) is 3.14. The molecule has 226 valence electrons. The van der Waals surface area contributed by atoms with Crippen LogP contribution in [-0.4, -0.2) is 82.0 Å². The first-order valence-corrected chi connectivity index (χ1v) is 15.0. The normalized spacial score (nSPS) is 16.1. The van der Waals surface area contributed by atoms with Crippen molar-refractivity contribution < 1.29 is 9.53 Å². The lowest BCUT2D eigenvalue weighted by atomic mass is 10.1. The van der Waals surface area contributed by atoms with Crippen molar-refractivity contribution >= 4 is 33.5 Å². The van der Waals surface area contributed by atoms with Gasteiger partial charge in [-0.3, -0.25) is 23.7 Å². The highest BCUT2D eigenvalue weighted by Crippen LogP contribution is 2.33. The number of nitrogens with one attached hydrogen (secondary N) is 1. The molecule has 11 nitrogen and oxygen atoms in total. The number of rotatable bonds is 6. The van der Waals surface area contributed by atoms with E-state index in [1.165, 1.54) is 9.13 Å². The Labute approximate surface area is 250 Å². The molecule has 2 fully saturated rings. The molecule has 43 heavy (non-hydrogen) atoms. The van der Waals surface area contributed by atoms with E-state index in [1.54, 1.807) is 18.1 Å². The van der Waals surface area contributed by atoms with Gasteiger partial charge in [0.1, 0.15) is 16.9 Å². The molecule has 4 aromatic rings. The number of carbonyl (C=O) groups is 1. The van der Waals surface area contributed by atoms with E-state index in [0.29, 0.717) is 67.5 Å². The quantitative estimate of drug-likeness (QED) is 0.346. The Morgan fingerprint density at radius 3 is 2.58 bits per heavy atom. The number of allylic oxidation sites excluding steroid dienone is 2. The van der Waals surface area contributed by atoms with Crippen LogP contribution in [0.3, 0.4) is 0 Å². The lowest BCUT2D eigenvalue weighted by Crippen LogP contribution is -2.42. The minimum Gasteiger partial charge on any atom is -0.378 e. The van der Waals surface area contributed by atoms with E-state index in [0.717, 1.165) is 42.4 Å². The second kappa shape index (κ2) is 12.2. The smallest absolute Gasteiger partial charge is 0.331 e. The summed E-state index contributed by atoms with van der Waals surface area (Å²) >= 11 is 0. The molecule has 0 unspecified atom stereocenters. The highest BCUT2D eigenvalue weighted by molar-refractivity contribution is 6.11. The summed E-state index contributed by atoms with van der Waals surface area (Å²) in [5.74, 6) is 0.514. The summed E-state index contributed by atoms with van der Waals surface area (Å²) in [6.45, 7) is 9.30. The van der Waals surface area contributed by atoms with Crippen molar-refractivity contribution in [2.24, 2.45) is 7.05 Å². The number of carbonyl (C=O) groups excluding carboxylic acids is 1. The Kier molecular flexibility index (Phi) is 8.18. The van der Waals surface area contributed by atoms with Crippen LogP contribution in [0.1, 0.15) is 36.3 Å². The maximum atomic E-state index is 14.5. The number of aryl methyl sites for hydroxylation is 1. The van der Waals surface area contributed by atoms with Crippen LogP contribution in [0.5, 0.6) is 0 Å². The lowest BCUT2D eigenvalue weighted by molar-refractivity contribution is 0.0304. The average molecular weight is 586 g/mol. The van der Waals surface area contributed by atoms with Crippen molar-refractivity contribution in [3.8, 4) is 0 Å². The molecule has 0 radical (unpaired) electrons. The van der Waals surface area contributed by atoms with Crippen molar-refractivity contribution in [2.45, 2.75) is 33.4 Å². The van der Waals surface area contributed by atoms with Gasteiger partial charge in [-0.1, -0.05) is 35.9 Å². The first kappa shape index (κ1) is 28.9. The third-order valence-corrected chi connectivity index (χ3v) is 8.41. The predicted octanol–water partition coefficient (Wildman–Crippen LogP) is 2.34. The van der Waals surface area contributed by atoms with Gasteiger partial charge in [0, 0.05) is 57.9 Å². The minimum absolute atomic E-state index is 0.0202. The zero-order valence-corrected chi connectivity index (χ0v) is 25.1. The van der Waals surface area contributed by atoms with Gasteiger partial charge < -0.3 is 24.4 Å². The molecule has 6 rings (SSSR count). The molecule has 3 aromatic heterocycles. The van der Waals surface area contributed by atoms with E-state index < -0.39 is 11.2 Å². The lowest BCUT2D eigenvalue weighted by Gasteiger charge is -2.29. The molecule has 2 aliphatic rings. The number of amides is 1. The summed E-state index contributed by atoms with van der Waals surface area (Å²) < 4.78 is 10.2. The molecular weight excluding hydrogens is 546 g/mol. The van der Waals surface area contributed by atoms with Crippen molar-refractivity contribution in [3.05, 3.63) is 80.3 Å². The van der Waals surface area contributed by atoms with E-state index in [9.17, 15) is 14.4 Å². The van der Waals surface area contributed by atoms with Gasteiger partial charge in [-0.05, 0) is 38.3 Å². The molecule has 0 aliphatic carbocycles. The van der Waals surface area contributed by atoms with Crippen LogP contribution in [0.2, 0.25) is 0 Å². The van der Waals surface area contributed by atoms with Gasteiger partial charge >= 0.3 is 5.69 Å². The molecule has 1 aromatic carbocycles. The summed E-state index contributed by atoms with van der Waals surface area (Å²) in [5, 5.41) is 5.32. The Hall–Kier alpha value is -4.22. The van der Waals surface area contributed by atoms with Crippen LogP contribution >= 0.6 is 0 Å². The van der Waals surface area contributed by atoms with Crippen molar-refractivity contribution in [2.75, 3.05) is 57.4 Å². The summed E-state index contributed by atoms with van der Waals surface area (Å²) in [5.41, 5.74) is 1.97. The molecule has 0 saturated carbocycles. The number of hydrogen-bond acceptors (Lipinski definition) is 7. The van der Waals surface area contributed by atoms with E-state index in [4.69, 9.17) is 4.74 Å². The number of anilines is 1. The third kappa shape index (κ3) is 5.38. The summed E-state index contributed by atoms with van der Waals surface area (Å²) in [7, 11) is 1.66. The number of ether oxygens (including phenoxy) is 1. The minimum atomic E-state index is -0.480. The van der Waals surface area contributed by atoms with Gasteiger partial charge in [-0.2, -0.15) is 0 Å². The summed E-state index contributed by atoms with van der Waals surface area (Å²) in [6, 6.07) is 9.73. The number of morpholine rings is 1. The van der Waals surface area contributed by atoms with Gasteiger partial charge in [0.25, 0.3) is 11.5 Å². The third-order valence-electron chi connectivity index (χ3n) is 8.41. The van der Waals surface area contributed by atoms with Gasteiger partial charge in [-0.25, -0.2) is 4.79 Å². The Bertz CT molecular complexity index is 1810. The topological polar surface area (TPSA) is 107 Å². The Morgan fingerprint density at radius 1 is 1.00 bits per heavy atom. The fourth-order valence-electron chi connectivity index (χ4n) is 6.18. The van der Waals surface area contributed by atoms with Gasteiger partial charge in [0.2, 0.25) is 0 Å². The number of fused-ring (bicyclic) bond motifs is 2. The standard InChI is InChI=1S/C32H39N7O4/c1-22(2)10-15-38-28-27(26(30(40)37-17-19-43-20-18-37)29(38)36-14-6-11-33-13-16-36)35(3)32(42)39(31(28)41)21-25-24-8-5-4-7-23(24)9-12-34-25/h4-5,7-10,12,33H,6,11,13-21H2,1-3H3. The van der Waals surface area contributed by atoms with Crippen molar-refractivity contribution in [1.82, 2.24) is 28.9 Å². The molecule has 0 atom stereocenters. The van der Waals surface area contributed by atoms with Gasteiger partial charge in [0.15, 0.2) is 0 Å². The molecule has 11 heteroatoms. The number of nitrogens with zero attached hydrogens (tertiary/aromatic N) is 6. The monoisotopic (exact) mass is 585 g/mol. The van der Waals surface area contributed by atoms with Crippen LogP contribution in [0, 0.1) is 0 Å². The van der Waals surface area contributed by atoms with Crippen LogP contribution in [0.25, 0.3) is 21.8 Å². The SMILES string of the molecule is CC(C)=CCn1c(N2CCCNCC2)c(C(=O)N2CCOCC2)c2c1c(=O)n(Cc1nccc3ccccc13)c(=O)n2C. The Balaban J connectivity index is 1.64. The highest BCUT2D eigenvalue weighted by Gasteiger charge is 2.34. The van der Waals surface area contributed by atoms with Crippen LogP contribution in [0.4, 0.5) is 5.82 Å². The zero-order chi connectivity index (χ0) is 30.1. The van der Waals surface area contributed by atoms with Gasteiger partial charge in [-0.15, -0.1) is 0 Å². The molecular formula is C32H39N7O4. The molecule has 1 amide bonds. The van der Waals surface area contributed by atoms with Crippen LogP contribution in [0.15, 0.2) is 57.8 Å². The summed E-state index contributed by atoms with van der Waals surface area (Å²) in [6.07, 6.45) is 4.65. The molecule has 0 spiro atoms. The summed E-state index contributed by atoms with van der Waals surface area (Å²) in [4.78, 5) is 51.5. The number of pyridine rings is 1. The van der Waals surface area contributed by atoms with E-state index in [1.807, 2.05) is 48.7 Å². The first-order valence-electron chi connectivity index (χ1n) is 15.0. The second-order valence-corrected chi connectivity index (χ2v) is 11.5. The Morgan fingerprint density at radius 2 is 1.79 bits per heavy atom. The van der Waals surface area contributed by atoms with Gasteiger partial charge in [0.05, 0.1) is 31.0 Å². The fraction of sp³-hybridized carbons (Fsp3) is 0.438.